The number of amides is 1. The van der Waals surface area contributed by atoms with Gasteiger partial charge < -0.3 is 10.2 Å². The van der Waals surface area contributed by atoms with Crippen molar-refractivity contribution in [3.05, 3.63) is 30.4 Å². The molecule has 0 bridgehead atoms. The van der Waals surface area contributed by atoms with Crippen LogP contribution in [0.4, 0.5) is 5.95 Å². The van der Waals surface area contributed by atoms with E-state index in [1.54, 1.807) is 12.4 Å². The van der Waals surface area contributed by atoms with Crippen molar-refractivity contribution in [1.29, 1.82) is 0 Å². The largest absolute Gasteiger partial charge is 0.349 e. The van der Waals surface area contributed by atoms with E-state index in [1.807, 2.05) is 23.9 Å². The Hall–Kier alpha value is -2.51. The smallest absolute Gasteiger partial charge is 0.225 e. The quantitative estimate of drug-likeness (QED) is 0.891. The third-order valence-electron chi connectivity index (χ3n) is 5.21. The van der Waals surface area contributed by atoms with Gasteiger partial charge in [-0.3, -0.25) is 4.79 Å². The van der Waals surface area contributed by atoms with E-state index >= 15 is 0 Å². The van der Waals surface area contributed by atoms with Gasteiger partial charge >= 0.3 is 0 Å². The maximum atomic E-state index is 12.5. The van der Waals surface area contributed by atoms with Gasteiger partial charge in [0.15, 0.2) is 0 Å². The minimum absolute atomic E-state index is 0.0214. The van der Waals surface area contributed by atoms with Gasteiger partial charge in [-0.25, -0.2) is 14.6 Å². The molecular formula is C17H23N7O. The fourth-order valence-corrected chi connectivity index (χ4v) is 3.76. The molecule has 0 aromatic carbocycles. The molecule has 2 aromatic heterocycles. The van der Waals surface area contributed by atoms with Crippen LogP contribution >= 0.6 is 0 Å². The molecule has 1 N–H and O–H groups in total. The normalized spacial score (nSPS) is 28.6. The molecule has 0 radical (unpaired) electrons. The summed E-state index contributed by atoms with van der Waals surface area (Å²) in [4.78, 5) is 23.5. The number of aryl methyl sites for hydroxylation is 1. The second kappa shape index (κ2) is 6.42. The molecule has 2 aromatic rings. The number of anilines is 1. The number of aromatic nitrogens is 5. The lowest BCUT2D eigenvalue weighted by Gasteiger charge is -2.33. The van der Waals surface area contributed by atoms with Crippen molar-refractivity contribution in [3.8, 4) is 0 Å². The molecule has 25 heavy (non-hydrogen) atoms. The molecule has 2 aliphatic rings. The van der Waals surface area contributed by atoms with E-state index in [4.69, 9.17) is 0 Å². The molecule has 2 atom stereocenters. The summed E-state index contributed by atoms with van der Waals surface area (Å²) in [5.41, 5.74) is 0.929. The second-order valence-electron chi connectivity index (χ2n) is 7.24. The zero-order valence-electron chi connectivity index (χ0n) is 14.5. The number of nitrogens with one attached hydrogen (secondary N) is 1. The Balaban J connectivity index is 1.52. The van der Waals surface area contributed by atoms with Crippen molar-refractivity contribution in [2.75, 3.05) is 18.0 Å². The van der Waals surface area contributed by atoms with Crippen molar-refractivity contribution >= 4 is 11.9 Å². The lowest BCUT2D eigenvalue weighted by molar-refractivity contribution is -0.129. The van der Waals surface area contributed by atoms with Crippen LogP contribution in [0.3, 0.4) is 0 Å². The van der Waals surface area contributed by atoms with Crippen LogP contribution in [0, 0.1) is 18.8 Å². The van der Waals surface area contributed by atoms with Crippen LogP contribution in [0.5, 0.6) is 0 Å². The first-order valence-corrected chi connectivity index (χ1v) is 8.81. The van der Waals surface area contributed by atoms with Gasteiger partial charge in [-0.2, -0.15) is 0 Å². The Morgan fingerprint density at radius 1 is 1.28 bits per heavy atom. The molecule has 0 unspecified atom stereocenters. The minimum Gasteiger partial charge on any atom is -0.349 e. The summed E-state index contributed by atoms with van der Waals surface area (Å²) in [6, 6.07) is 1.87. The summed E-state index contributed by atoms with van der Waals surface area (Å²) in [6.45, 7) is 5.50. The third kappa shape index (κ3) is 3.20. The molecule has 1 aliphatic carbocycles. The maximum absolute atomic E-state index is 12.5. The van der Waals surface area contributed by atoms with Crippen molar-refractivity contribution in [2.24, 2.45) is 11.8 Å². The summed E-state index contributed by atoms with van der Waals surface area (Å²) in [6.07, 6.45) is 7.24. The average Bonchev–Trinajstić information content (AvgIpc) is 3.21. The molecule has 3 heterocycles. The lowest BCUT2D eigenvalue weighted by Crippen LogP contribution is -2.46. The van der Waals surface area contributed by atoms with E-state index in [2.05, 4.69) is 37.4 Å². The van der Waals surface area contributed by atoms with Gasteiger partial charge in [0.05, 0.1) is 18.3 Å². The van der Waals surface area contributed by atoms with E-state index < -0.39 is 0 Å². The molecule has 1 amide bonds. The number of carbonyl (C=O) groups excluding carboxylic acids is 1. The Morgan fingerprint density at radius 2 is 2.12 bits per heavy atom. The molecule has 1 saturated carbocycles. The van der Waals surface area contributed by atoms with E-state index in [0.29, 0.717) is 25.0 Å². The second-order valence-corrected chi connectivity index (χ2v) is 7.24. The summed E-state index contributed by atoms with van der Waals surface area (Å²) >= 11 is 0. The third-order valence-corrected chi connectivity index (χ3v) is 5.21. The van der Waals surface area contributed by atoms with Crippen LogP contribution in [0.25, 0.3) is 0 Å². The topological polar surface area (TPSA) is 88.8 Å². The van der Waals surface area contributed by atoms with E-state index in [1.165, 1.54) is 0 Å². The first-order valence-electron chi connectivity index (χ1n) is 8.81. The van der Waals surface area contributed by atoms with E-state index in [0.717, 1.165) is 18.5 Å². The van der Waals surface area contributed by atoms with Gasteiger partial charge in [0.25, 0.3) is 0 Å². The molecule has 1 saturated heterocycles. The predicted molar refractivity (Wildman–Crippen MR) is 91.9 cm³/mol. The zero-order chi connectivity index (χ0) is 17.4. The SMILES string of the molecule is Cc1ccnc(N2C[C@@H](NC(=O)C3CC(C)C3)[C@@H](n3ccnn3)C2)n1. The van der Waals surface area contributed by atoms with Crippen molar-refractivity contribution < 1.29 is 4.79 Å². The predicted octanol–water partition coefficient (Wildman–Crippen LogP) is 0.969. The highest BCUT2D eigenvalue weighted by atomic mass is 16.2. The molecule has 8 heteroatoms. The van der Waals surface area contributed by atoms with Crippen LogP contribution in [0.15, 0.2) is 24.7 Å². The highest BCUT2D eigenvalue weighted by Gasteiger charge is 2.39. The highest BCUT2D eigenvalue weighted by molar-refractivity contribution is 5.80. The maximum Gasteiger partial charge on any atom is 0.225 e. The summed E-state index contributed by atoms with van der Waals surface area (Å²) < 4.78 is 1.82. The van der Waals surface area contributed by atoms with Crippen LogP contribution in [-0.2, 0) is 4.79 Å². The molecule has 1 aliphatic heterocycles. The summed E-state index contributed by atoms with van der Waals surface area (Å²) in [5.74, 6) is 1.65. The molecular weight excluding hydrogens is 318 g/mol. The molecule has 132 valence electrons. The zero-order valence-corrected chi connectivity index (χ0v) is 14.5. The number of nitrogens with zero attached hydrogens (tertiary/aromatic N) is 6. The number of rotatable bonds is 4. The van der Waals surface area contributed by atoms with Gasteiger partial charge in [0, 0.05) is 37.1 Å². The fourth-order valence-electron chi connectivity index (χ4n) is 3.76. The number of hydrogen-bond donors (Lipinski definition) is 1. The Kier molecular flexibility index (Phi) is 4.10. The standard InChI is InChI=1S/C17H23N7O/c1-11-7-13(8-11)16(25)21-14-9-23(17-18-4-3-12(2)20-17)10-15(14)24-6-5-19-22-24/h3-6,11,13-15H,7-10H2,1-2H3,(H,21,25)/t11?,13?,14-,15+/m1/s1. The molecule has 0 spiro atoms. The van der Waals surface area contributed by atoms with Crippen molar-refractivity contribution in [1.82, 2.24) is 30.3 Å². The van der Waals surface area contributed by atoms with Crippen LogP contribution < -0.4 is 10.2 Å². The van der Waals surface area contributed by atoms with Crippen molar-refractivity contribution in [3.63, 3.8) is 0 Å². The Bertz CT molecular complexity index is 741. The Labute approximate surface area is 146 Å². The van der Waals surface area contributed by atoms with Gasteiger partial charge in [-0.15, -0.1) is 5.10 Å². The monoisotopic (exact) mass is 341 g/mol. The van der Waals surface area contributed by atoms with Gasteiger partial charge in [-0.05, 0) is 31.7 Å². The Morgan fingerprint density at radius 3 is 2.80 bits per heavy atom. The number of carbonyl (C=O) groups is 1. The highest BCUT2D eigenvalue weighted by Crippen LogP contribution is 2.34. The van der Waals surface area contributed by atoms with Crippen molar-refractivity contribution in [2.45, 2.75) is 38.8 Å². The summed E-state index contributed by atoms with van der Waals surface area (Å²) in [7, 11) is 0. The first kappa shape index (κ1) is 16.0. The fraction of sp³-hybridized carbons (Fsp3) is 0.588. The molecule has 4 rings (SSSR count). The van der Waals surface area contributed by atoms with Gasteiger partial charge in [-0.1, -0.05) is 12.1 Å². The lowest BCUT2D eigenvalue weighted by atomic mass is 9.75. The van der Waals surface area contributed by atoms with E-state index in [-0.39, 0.29) is 23.9 Å². The van der Waals surface area contributed by atoms with E-state index in [9.17, 15) is 4.79 Å². The summed E-state index contributed by atoms with van der Waals surface area (Å²) in [5, 5.41) is 11.3. The average molecular weight is 341 g/mol. The number of hydrogen-bond acceptors (Lipinski definition) is 6. The molecule has 2 fully saturated rings. The van der Waals surface area contributed by atoms with Gasteiger partial charge in [0.2, 0.25) is 11.9 Å². The van der Waals surface area contributed by atoms with Crippen LogP contribution in [0.2, 0.25) is 0 Å². The van der Waals surface area contributed by atoms with Crippen LogP contribution in [0.1, 0.15) is 31.5 Å². The first-order chi connectivity index (χ1) is 12.1. The molecule has 8 nitrogen and oxygen atoms in total. The minimum atomic E-state index is -0.0331. The van der Waals surface area contributed by atoms with Crippen LogP contribution in [-0.4, -0.2) is 50.0 Å². The van der Waals surface area contributed by atoms with Gasteiger partial charge in [0.1, 0.15) is 0 Å².